The van der Waals surface area contributed by atoms with Crippen LogP contribution in [0.5, 0.6) is 0 Å². The van der Waals surface area contributed by atoms with Crippen LogP contribution in [0.3, 0.4) is 0 Å². The van der Waals surface area contributed by atoms with Crippen LogP contribution in [0, 0.1) is 0 Å². The van der Waals surface area contributed by atoms with Gasteiger partial charge in [0.25, 0.3) is 0 Å². The van der Waals surface area contributed by atoms with Gasteiger partial charge in [0.1, 0.15) is 12.1 Å². The van der Waals surface area contributed by atoms with Gasteiger partial charge in [0.05, 0.1) is 10.2 Å². The van der Waals surface area contributed by atoms with Crippen LogP contribution in [0.1, 0.15) is 32.1 Å². The van der Waals surface area contributed by atoms with Crippen LogP contribution in [-0.2, 0) is 0 Å². The summed E-state index contributed by atoms with van der Waals surface area (Å²) in [4.78, 5) is 8.58. The molecule has 18 heavy (non-hydrogen) atoms. The highest BCUT2D eigenvalue weighted by atomic mass is 32.1. The average molecular weight is 259 g/mol. The number of nitrogens with one attached hydrogen (secondary N) is 1. The first kappa shape index (κ1) is 11.7. The number of anilines is 1. The summed E-state index contributed by atoms with van der Waals surface area (Å²) in [6, 6.07) is 2.04. The molecule has 0 atom stereocenters. The maximum absolute atomic E-state index is 4.33. The molecule has 0 amide bonds. The predicted octanol–water partition coefficient (Wildman–Crippen LogP) is 3.99. The van der Waals surface area contributed by atoms with Crippen LogP contribution in [0.25, 0.3) is 10.2 Å². The molecule has 3 nitrogen and oxygen atoms in total. The highest BCUT2D eigenvalue weighted by molar-refractivity contribution is 7.17. The van der Waals surface area contributed by atoms with Crippen molar-refractivity contribution in [3.05, 3.63) is 29.4 Å². The fourth-order valence-electron chi connectivity index (χ4n) is 2.39. The first-order valence-corrected chi connectivity index (χ1v) is 7.41. The van der Waals surface area contributed by atoms with E-state index >= 15 is 0 Å². The lowest BCUT2D eigenvalue weighted by molar-refractivity contribution is 0.679. The van der Waals surface area contributed by atoms with Crippen molar-refractivity contribution >= 4 is 27.4 Å². The van der Waals surface area contributed by atoms with Crippen LogP contribution >= 0.6 is 11.3 Å². The molecule has 2 aromatic heterocycles. The molecule has 0 radical (unpaired) electrons. The minimum Gasteiger partial charge on any atom is -0.368 e. The van der Waals surface area contributed by atoms with E-state index in [2.05, 4.69) is 26.7 Å². The van der Waals surface area contributed by atoms with Gasteiger partial charge >= 0.3 is 0 Å². The van der Waals surface area contributed by atoms with Crippen molar-refractivity contribution in [2.75, 3.05) is 11.9 Å². The van der Waals surface area contributed by atoms with E-state index < -0.39 is 0 Å². The van der Waals surface area contributed by atoms with E-state index in [1.54, 1.807) is 23.2 Å². The summed E-state index contributed by atoms with van der Waals surface area (Å²) in [6.45, 7) is 0.968. The van der Waals surface area contributed by atoms with Crippen LogP contribution in [-0.4, -0.2) is 16.5 Å². The summed E-state index contributed by atoms with van der Waals surface area (Å²) in [5.74, 6) is 0.978. The van der Waals surface area contributed by atoms with Crippen molar-refractivity contribution in [3.63, 3.8) is 0 Å². The monoisotopic (exact) mass is 259 g/mol. The number of allylic oxidation sites excluding steroid dienone is 1. The molecular formula is C14H17N3S. The van der Waals surface area contributed by atoms with Gasteiger partial charge in [-0.15, -0.1) is 11.3 Å². The molecule has 3 rings (SSSR count). The minimum atomic E-state index is 0.968. The normalized spacial score (nSPS) is 15.7. The molecule has 0 unspecified atom stereocenters. The highest BCUT2D eigenvalue weighted by Crippen LogP contribution is 2.25. The quantitative estimate of drug-likeness (QED) is 0.843. The minimum absolute atomic E-state index is 0.968. The molecule has 0 saturated carbocycles. The number of thiophene rings is 1. The second-order valence-corrected chi connectivity index (χ2v) is 5.56. The Morgan fingerprint density at radius 3 is 3.17 bits per heavy atom. The molecule has 1 N–H and O–H groups in total. The van der Waals surface area contributed by atoms with Crippen molar-refractivity contribution in [2.45, 2.75) is 32.1 Å². The Kier molecular flexibility index (Phi) is 3.55. The summed E-state index contributed by atoms with van der Waals surface area (Å²) < 4.78 is 1.16. The molecule has 1 aliphatic rings. The Labute approximate surface area is 111 Å². The van der Waals surface area contributed by atoms with E-state index in [1.165, 1.54) is 25.7 Å². The lowest BCUT2D eigenvalue weighted by Crippen LogP contribution is -2.06. The van der Waals surface area contributed by atoms with E-state index in [9.17, 15) is 0 Å². The lowest BCUT2D eigenvalue weighted by Gasteiger charge is -2.13. The van der Waals surface area contributed by atoms with Crippen molar-refractivity contribution in [1.29, 1.82) is 0 Å². The Bertz CT molecular complexity index is 559. The zero-order valence-corrected chi connectivity index (χ0v) is 11.2. The van der Waals surface area contributed by atoms with E-state index in [1.807, 2.05) is 6.07 Å². The molecule has 0 aromatic carbocycles. The third-order valence-corrected chi connectivity index (χ3v) is 4.28. The zero-order chi connectivity index (χ0) is 12.2. The second-order valence-electron chi connectivity index (χ2n) is 4.64. The predicted molar refractivity (Wildman–Crippen MR) is 77.1 cm³/mol. The van der Waals surface area contributed by atoms with E-state index in [0.29, 0.717) is 0 Å². The third kappa shape index (κ3) is 2.53. The van der Waals surface area contributed by atoms with Gasteiger partial charge in [-0.05, 0) is 43.6 Å². The molecule has 0 saturated heterocycles. The Balaban J connectivity index is 1.62. The van der Waals surface area contributed by atoms with Gasteiger partial charge in [-0.1, -0.05) is 11.6 Å². The van der Waals surface area contributed by atoms with Crippen molar-refractivity contribution in [1.82, 2.24) is 9.97 Å². The molecule has 0 aliphatic heterocycles. The SMILES string of the molecule is C1=C(CCNc2ncnc3ccsc23)CCCC1. The van der Waals surface area contributed by atoms with Gasteiger partial charge in [0.2, 0.25) is 0 Å². The molecule has 2 heterocycles. The summed E-state index contributed by atoms with van der Waals surface area (Å²) in [5.41, 5.74) is 2.64. The van der Waals surface area contributed by atoms with Gasteiger partial charge in [0, 0.05) is 6.54 Å². The van der Waals surface area contributed by atoms with E-state index in [0.717, 1.165) is 29.0 Å². The molecule has 1 aliphatic carbocycles. The number of hydrogen-bond acceptors (Lipinski definition) is 4. The first-order chi connectivity index (χ1) is 8.93. The number of fused-ring (bicyclic) bond motifs is 1. The van der Waals surface area contributed by atoms with Gasteiger partial charge < -0.3 is 5.32 Å². The van der Waals surface area contributed by atoms with Gasteiger partial charge in [-0.25, -0.2) is 9.97 Å². The van der Waals surface area contributed by atoms with E-state index in [4.69, 9.17) is 0 Å². The van der Waals surface area contributed by atoms with Crippen LogP contribution < -0.4 is 5.32 Å². The fourth-order valence-corrected chi connectivity index (χ4v) is 3.20. The zero-order valence-electron chi connectivity index (χ0n) is 10.4. The molecule has 2 aromatic rings. The summed E-state index contributed by atoms with van der Waals surface area (Å²) in [5, 5.41) is 5.50. The number of rotatable bonds is 4. The van der Waals surface area contributed by atoms with E-state index in [-0.39, 0.29) is 0 Å². The van der Waals surface area contributed by atoms with Crippen LogP contribution in [0.4, 0.5) is 5.82 Å². The standard InChI is InChI=1S/C14H17N3S/c1-2-4-11(5-3-1)6-8-15-14-13-12(7-9-18-13)16-10-17-14/h4,7,9-10H,1-3,5-6,8H2,(H,15,16,17). The maximum atomic E-state index is 4.33. The second kappa shape index (κ2) is 5.48. The van der Waals surface area contributed by atoms with Gasteiger partial charge in [0.15, 0.2) is 0 Å². The molecule has 0 bridgehead atoms. The third-order valence-electron chi connectivity index (χ3n) is 3.37. The van der Waals surface area contributed by atoms with Crippen molar-refractivity contribution in [2.24, 2.45) is 0 Å². The van der Waals surface area contributed by atoms with Crippen LogP contribution in [0.15, 0.2) is 29.4 Å². The molecular weight excluding hydrogens is 242 g/mol. The number of aromatic nitrogens is 2. The topological polar surface area (TPSA) is 37.8 Å². The van der Waals surface area contributed by atoms with Gasteiger partial charge in [-0.2, -0.15) is 0 Å². The number of nitrogens with zero attached hydrogens (tertiary/aromatic N) is 2. The van der Waals surface area contributed by atoms with Crippen molar-refractivity contribution < 1.29 is 0 Å². The lowest BCUT2D eigenvalue weighted by atomic mass is 9.97. The van der Waals surface area contributed by atoms with Gasteiger partial charge in [-0.3, -0.25) is 0 Å². The average Bonchev–Trinajstić information content (AvgIpc) is 2.89. The first-order valence-electron chi connectivity index (χ1n) is 6.53. The number of hydrogen-bond donors (Lipinski definition) is 1. The summed E-state index contributed by atoms with van der Waals surface area (Å²) in [7, 11) is 0. The molecule has 0 fully saturated rings. The summed E-state index contributed by atoms with van der Waals surface area (Å²) >= 11 is 1.70. The highest BCUT2D eigenvalue weighted by Gasteiger charge is 2.06. The summed E-state index contributed by atoms with van der Waals surface area (Å²) in [6.07, 6.45) is 10.4. The van der Waals surface area contributed by atoms with Crippen LogP contribution in [0.2, 0.25) is 0 Å². The van der Waals surface area contributed by atoms with Crippen molar-refractivity contribution in [3.8, 4) is 0 Å². The molecule has 94 valence electrons. The Morgan fingerprint density at radius 2 is 2.28 bits per heavy atom. The molecule has 0 spiro atoms. The largest absolute Gasteiger partial charge is 0.368 e. The maximum Gasteiger partial charge on any atom is 0.147 e. The fraction of sp³-hybridized carbons (Fsp3) is 0.429. The molecule has 4 heteroatoms. The Morgan fingerprint density at radius 1 is 1.28 bits per heavy atom. The Hall–Kier alpha value is -1.42. The smallest absolute Gasteiger partial charge is 0.147 e.